The van der Waals surface area contributed by atoms with E-state index in [1.807, 2.05) is 24.3 Å². The van der Waals surface area contributed by atoms with Crippen molar-refractivity contribution in [1.82, 2.24) is 24.5 Å². The fraction of sp³-hybridized carbons (Fsp3) is 0.0667. The molecule has 0 saturated heterocycles. The predicted molar refractivity (Wildman–Crippen MR) is 77.9 cm³/mol. The van der Waals surface area contributed by atoms with Gasteiger partial charge in [0, 0.05) is 13.2 Å². The average Bonchev–Trinajstić information content (AvgIpc) is 3.16. The molecule has 0 spiro atoms. The van der Waals surface area contributed by atoms with Crippen LogP contribution in [0.1, 0.15) is 15.9 Å². The first-order valence-corrected chi connectivity index (χ1v) is 6.38. The van der Waals surface area contributed by atoms with Crippen LogP contribution in [0.5, 0.6) is 0 Å². The van der Waals surface area contributed by atoms with Crippen molar-refractivity contribution in [3.8, 4) is 5.69 Å². The van der Waals surface area contributed by atoms with Crippen molar-refractivity contribution in [2.24, 2.45) is 7.05 Å². The summed E-state index contributed by atoms with van der Waals surface area (Å²) in [4.78, 5) is 15.8. The first kappa shape index (κ1) is 13.0. The number of ketones is 1. The standard InChI is InChI=1S/C15H13N5O/c1-19-9-13(8-17-19)15(21)7-4-12-2-5-14(6-3-12)20-11-16-10-18-20/h2-11H,1H3/b7-4-. The predicted octanol–water partition coefficient (Wildman–Crippen LogP) is 1.90. The van der Waals surface area contributed by atoms with Crippen molar-refractivity contribution in [3.63, 3.8) is 0 Å². The van der Waals surface area contributed by atoms with Crippen LogP contribution in [0.25, 0.3) is 11.8 Å². The third-order valence-electron chi connectivity index (χ3n) is 2.99. The fourth-order valence-corrected chi connectivity index (χ4v) is 1.90. The summed E-state index contributed by atoms with van der Waals surface area (Å²) < 4.78 is 3.28. The van der Waals surface area contributed by atoms with E-state index in [1.165, 1.54) is 6.33 Å². The van der Waals surface area contributed by atoms with Gasteiger partial charge in [-0.2, -0.15) is 10.2 Å². The molecular weight excluding hydrogens is 266 g/mol. The molecule has 2 heterocycles. The molecule has 21 heavy (non-hydrogen) atoms. The molecule has 6 heteroatoms. The number of benzene rings is 1. The highest BCUT2D eigenvalue weighted by atomic mass is 16.1. The number of allylic oxidation sites excluding steroid dienone is 1. The minimum absolute atomic E-state index is 0.0662. The van der Waals surface area contributed by atoms with Gasteiger partial charge in [0.15, 0.2) is 5.78 Å². The first-order chi connectivity index (χ1) is 10.2. The number of hydrogen-bond donors (Lipinski definition) is 0. The second kappa shape index (κ2) is 5.54. The molecule has 3 aromatic rings. The largest absolute Gasteiger partial charge is 0.289 e. The van der Waals surface area contributed by atoms with Gasteiger partial charge in [-0.3, -0.25) is 9.48 Å². The van der Waals surface area contributed by atoms with Crippen LogP contribution in [-0.2, 0) is 7.05 Å². The molecule has 0 aliphatic rings. The van der Waals surface area contributed by atoms with E-state index < -0.39 is 0 Å². The van der Waals surface area contributed by atoms with E-state index in [1.54, 1.807) is 47.3 Å². The van der Waals surface area contributed by atoms with Crippen LogP contribution in [0.3, 0.4) is 0 Å². The van der Waals surface area contributed by atoms with E-state index in [-0.39, 0.29) is 5.78 Å². The quantitative estimate of drug-likeness (QED) is 0.540. The average molecular weight is 279 g/mol. The Morgan fingerprint density at radius 3 is 2.62 bits per heavy atom. The van der Waals surface area contributed by atoms with Crippen LogP contribution < -0.4 is 0 Å². The lowest BCUT2D eigenvalue weighted by Gasteiger charge is -2.00. The molecule has 0 bridgehead atoms. The lowest BCUT2D eigenvalue weighted by Crippen LogP contribution is -1.94. The van der Waals surface area contributed by atoms with Gasteiger partial charge in [0.2, 0.25) is 0 Å². The maximum Gasteiger partial charge on any atom is 0.189 e. The van der Waals surface area contributed by atoms with Gasteiger partial charge in [-0.15, -0.1) is 0 Å². The molecule has 0 N–H and O–H groups in total. The van der Waals surface area contributed by atoms with Gasteiger partial charge in [0.1, 0.15) is 12.7 Å². The van der Waals surface area contributed by atoms with E-state index in [2.05, 4.69) is 15.2 Å². The number of aryl methyl sites for hydroxylation is 1. The van der Waals surface area contributed by atoms with Gasteiger partial charge >= 0.3 is 0 Å². The van der Waals surface area contributed by atoms with Crippen molar-refractivity contribution in [2.75, 3.05) is 0 Å². The lowest BCUT2D eigenvalue weighted by atomic mass is 10.1. The summed E-state index contributed by atoms with van der Waals surface area (Å²) in [6, 6.07) is 7.68. The molecule has 3 rings (SSSR count). The van der Waals surface area contributed by atoms with E-state index in [0.717, 1.165) is 11.3 Å². The molecule has 0 saturated carbocycles. The SMILES string of the molecule is Cn1cc(C(=O)/C=C\c2ccc(-n3cncn3)cc2)cn1. The normalized spacial score (nSPS) is 11.1. The number of nitrogens with zero attached hydrogens (tertiary/aromatic N) is 5. The van der Waals surface area contributed by atoms with Gasteiger partial charge < -0.3 is 0 Å². The molecule has 6 nitrogen and oxygen atoms in total. The minimum Gasteiger partial charge on any atom is -0.289 e. The molecule has 0 atom stereocenters. The van der Waals surface area contributed by atoms with Crippen LogP contribution in [0.4, 0.5) is 0 Å². The van der Waals surface area contributed by atoms with Crippen LogP contribution in [0.2, 0.25) is 0 Å². The molecule has 0 radical (unpaired) electrons. The highest BCUT2D eigenvalue weighted by Gasteiger charge is 2.03. The maximum atomic E-state index is 11.9. The number of hydrogen-bond acceptors (Lipinski definition) is 4. The Morgan fingerprint density at radius 1 is 1.19 bits per heavy atom. The van der Waals surface area contributed by atoms with Gasteiger partial charge in [-0.05, 0) is 23.8 Å². The summed E-state index contributed by atoms with van der Waals surface area (Å²) in [5.41, 5.74) is 2.44. The minimum atomic E-state index is -0.0662. The van der Waals surface area contributed by atoms with Crippen LogP contribution in [0.15, 0.2) is 55.4 Å². The molecule has 1 aromatic carbocycles. The Hall–Kier alpha value is -3.02. The van der Waals surface area contributed by atoms with E-state index in [9.17, 15) is 4.79 Å². The summed E-state index contributed by atoms with van der Waals surface area (Å²) in [5, 5.41) is 8.04. The number of carbonyl (C=O) groups excluding carboxylic acids is 1. The Labute approximate surface area is 121 Å². The summed E-state index contributed by atoms with van der Waals surface area (Å²) in [6.45, 7) is 0. The molecule has 0 unspecified atom stereocenters. The van der Waals surface area contributed by atoms with E-state index in [4.69, 9.17) is 0 Å². The lowest BCUT2D eigenvalue weighted by molar-refractivity contribution is 0.104. The van der Waals surface area contributed by atoms with Crippen LogP contribution >= 0.6 is 0 Å². The highest BCUT2D eigenvalue weighted by Crippen LogP contribution is 2.10. The summed E-state index contributed by atoms with van der Waals surface area (Å²) in [7, 11) is 1.78. The van der Waals surface area contributed by atoms with Gasteiger partial charge in [-0.25, -0.2) is 9.67 Å². The smallest absolute Gasteiger partial charge is 0.189 e. The monoisotopic (exact) mass is 279 g/mol. The van der Waals surface area contributed by atoms with Crippen molar-refractivity contribution in [2.45, 2.75) is 0 Å². The van der Waals surface area contributed by atoms with Crippen molar-refractivity contribution < 1.29 is 4.79 Å². The van der Waals surface area contributed by atoms with Crippen LogP contribution in [0, 0.1) is 0 Å². The molecule has 0 aliphatic heterocycles. The number of rotatable bonds is 4. The van der Waals surface area contributed by atoms with Gasteiger partial charge in [0.25, 0.3) is 0 Å². The van der Waals surface area contributed by atoms with Gasteiger partial charge in [0.05, 0.1) is 17.4 Å². The summed E-state index contributed by atoms with van der Waals surface area (Å²) >= 11 is 0. The molecule has 104 valence electrons. The molecule has 0 amide bonds. The number of carbonyl (C=O) groups is 1. The molecule has 0 fully saturated rings. The Kier molecular flexibility index (Phi) is 3.42. The van der Waals surface area contributed by atoms with E-state index in [0.29, 0.717) is 5.56 Å². The van der Waals surface area contributed by atoms with E-state index >= 15 is 0 Å². The second-order valence-electron chi connectivity index (χ2n) is 4.53. The first-order valence-electron chi connectivity index (χ1n) is 6.38. The van der Waals surface area contributed by atoms with Crippen molar-refractivity contribution >= 4 is 11.9 Å². The van der Waals surface area contributed by atoms with Crippen LogP contribution in [-0.4, -0.2) is 30.3 Å². The topological polar surface area (TPSA) is 65.6 Å². The molecular formula is C15H13N5O. The zero-order valence-electron chi connectivity index (χ0n) is 11.4. The zero-order chi connectivity index (χ0) is 14.7. The third kappa shape index (κ3) is 2.94. The molecule has 0 aliphatic carbocycles. The maximum absolute atomic E-state index is 11.9. The summed E-state index contributed by atoms with van der Waals surface area (Å²) in [5.74, 6) is -0.0662. The molecule has 2 aromatic heterocycles. The highest BCUT2D eigenvalue weighted by molar-refractivity contribution is 6.06. The fourth-order valence-electron chi connectivity index (χ4n) is 1.90. The van der Waals surface area contributed by atoms with Crippen molar-refractivity contribution in [1.29, 1.82) is 0 Å². The Morgan fingerprint density at radius 2 is 2.00 bits per heavy atom. The third-order valence-corrected chi connectivity index (χ3v) is 2.99. The second-order valence-corrected chi connectivity index (χ2v) is 4.53. The Bertz CT molecular complexity index is 769. The van der Waals surface area contributed by atoms with Crippen molar-refractivity contribution in [3.05, 3.63) is 66.5 Å². The zero-order valence-corrected chi connectivity index (χ0v) is 11.4. The summed E-state index contributed by atoms with van der Waals surface area (Å²) in [6.07, 6.45) is 9.69. The van der Waals surface area contributed by atoms with Gasteiger partial charge in [-0.1, -0.05) is 18.2 Å². The number of aromatic nitrogens is 5. The Balaban J connectivity index is 1.73.